The van der Waals surface area contributed by atoms with Crippen LogP contribution in [0.15, 0.2) is 0 Å². The van der Waals surface area contributed by atoms with Crippen molar-refractivity contribution in [3.05, 3.63) is 0 Å². The van der Waals surface area contributed by atoms with Crippen LogP contribution in [0.4, 0.5) is 0 Å². The van der Waals surface area contributed by atoms with Gasteiger partial charge in [0.15, 0.2) is 5.78 Å². The summed E-state index contributed by atoms with van der Waals surface area (Å²) < 4.78 is 0. The molecule has 0 aliphatic heterocycles. The second-order valence-electron chi connectivity index (χ2n) is 5.35. The van der Waals surface area contributed by atoms with Crippen LogP contribution in [0.3, 0.4) is 0 Å². The molecule has 4 nitrogen and oxygen atoms in total. The number of hydrogen-bond acceptors (Lipinski definition) is 3. The van der Waals surface area contributed by atoms with Crippen LogP contribution in [-0.2, 0) is 9.59 Å². The highest BCUT2D eigenvalue weighted by Gasteiger charge is 2.19. The molecule has 0 saturated heterocycles. The zero-order chi connectivity index (χ0) is 14.7. The van der Waals surface area contributed by atoms with Gasteiger partial charge in [-0.05, 0) is 19.9 Å². The van der Waals surface area contributed by atoms with Crippen molar-refractivity contribution in [3.8, 4) is 0 Å². The molecule has 4 heteroatoms. The van der Waals surface area contributed by atoms with Crippen molar-refractivity contribution >= 4 is 11.7 Å². The summed E-state index contributed by atoms with van der Waals surface area (Å²) in [7, 11) is 1.77. The number of carbonyl (C=O) groups excluding carboxylic acids is 2. The molecule has 0 bridgehead atoms. The van der Waals surface area contributed by atoms with Gasteiger partial charge >= 0.3 is 0 Å². The van der Waals surface area contributed by atoms with Crippen molar-refractivity contribution in [1.82, 2.24) is 10.6 Å². The van der Waals surface area contributed by atoms with Gasteiger partial charge in [-0.15, -0.1) is 0 Å². The minimum absolute atomic E-state index is 0.00885. The first kappa shape index (κ1) is 18.1. The number of amides is 1. The molecule has 112 valence electrons. The topological polar surface area (TPSA) is 58.2 Å². The fourth-order valence-corrected chi connectivity index (χ4v) is 1.97. The average Bonchev–Trinajstić information content (AvgIpc) is 2.38. The third kappa shape index (κ3) is 8.76. The van der Waals surface area contributed by atoms with Crippen LogP contribution in [0.2, 0.25) is 0 Å². The summed E-state index contributed by atoms with van der Waals surface area (Å²) in [6.45, 7) is 6.70. The molecule has 0 aromatic heterocycles. The fraction of sp³-hybridized carbons (Fsp3) is 0.867. The van der Waals surface area contributed by atoms with Crippen molar-refractivity contribution in [3.63, 3.8) is 0 Å². The molecule has 0 unspecified atom stereocenters. The standard InChI is InChI=1S/C15H30N2O2/c1-5-6-7-8-11-17-14(18)10-9-13(16-4)15(19)12(2)3/h12-13,16H,5-11H2,1-4H3,(H,17,18)/t13-/m0/s1. The van der Waals surface area contributed by atoms with E-state index in [2.05, 4.69) is 17.6 Å². The quantitative estimate of drug-likeness (QED) is 0.566. The van der Waals surface area contributed by atoms with Crippen LogP contribution in [0, 0.1) is 5.92 Å². The van der Waals surface area contributed by atoms with E-state index in [0.29, 0.717) is 12.8 Å². The Morgan fingerprint density at radius 1 is 1.11 bits per heavy atom. The highest BCUT2D eigenvalue weighted by Crippen LogP contribution is 2.06. The fourth-order valence-electron chi connectivity index (χ4n) is 1.97. The predicted molar refractivity (Wildman–Crippen MR) is 79.1 cm³/mol. The minimum Gasteiger partial charge on any atom is -0.356 e. The number of likely N-dealkylation sites (N-methyl/N-ethyl adjacent to an activating group) is 1. The maximum absolute atomic E-state index is 11.8. The molecule has 0 heterocycles. The summed E-state index contributed by atoms with van der Waals surface area (Å²) in [6, 6.07) is -0.203. The van der Waals surface area contributed by atoms with Gasteiger partial charge in [-0.3, -0.25) is 9.59 Å². The van der Waals surface area contributed by atoms with E-state index in [4.69, 9.17) is 0 Å². The molecule has 0 spiro atoms. The molecule has 0 aliphatic carbocycles. The average molecular weight is 270 g/mol. The number of unbranched alkanes of at least 4 members (excludes halogenated alkanes) is 3. The van der Waals surface area contributed by atoms with E-state index in [1.165, 1.54) is 19.3 Å². The van der Waals surface area contributed by atoms with E-state index in [0.717, 1.165) is 13.0 Å². The van der Waals surface area contributed by atoms with Gasteiger partial charge in [-0.2, -0.15) is 0 Å². The van der Waals surface area contributed by atoms with E-state index in [9.17, 15) is 9.59 Å². The van der Waals surface area contributed by atoms with Crippen LogP contribution in [0.25, 0.3) is 0 Å². The number of carbonyl (C=O) groups is 2. The van der Waals surface area contributed by atoms with E-state index >= 15 is 0 Å². The molecular formula is C15H30N2O2. The molecule has 0 aromatic rings. The number of hydrogen-bond donors (Lipinski definition) is 2. The molecule has 1 amide bonds. The highest BCUT2D eigenvalue weighted by molar-refractivity contribution is 5.86. The summed E-state index contributed by atoms with van der Waals surface area (Å²) in [5.41, 5.74) is 0. The smallest absolute Gasteiger partial charge is 0.220 e. The maximum Gasteiger partial charge on any atom is 0.220 e. The number of nitrogens with one attached hydrogen (secondary N) is 2. The zero-order valence-corrected chi connectivity index (χ0v) is 12.9. The molecule has 0 fully saturated rings. The summed E-state index contributed by atoms with van der Waals surface area (Å²) in [4.78, 5) is 23.5. The first-order valence-corrected chi connectivity index (χ1v) is 7.50. The lowest BCUT2D eigenvalue weighted by Crippen LogP contribution is -2.38. The van der Waals surface area contributed by atoms with Crippen molar-refractivity contribution in [1.29, 1.82) is 0 Å². The van der Waals surface area contributed by atoms with Crippen molar-refractivity contribution < 1.29 is 9.59 Å². The summed E-state index contributed by atoms with van der Waals surface area (Å²) in [5.74, 6) is 0.237. The van der Waals surface area contributed by atoms with Gasteiger partial charge in [-0.25, -0.2) is 0 Å². The summed E-state index contributed by atoms with van der Waals surface area (Å²) in [6.07, 6.45) is 5.63. The van der Waals surface area contributed by atoms with Crippen molar-refractivity contribution in [2.75, 3.05) is 13.6 Å². The van der Waals surface area contributed by atoms with Crippen LogP contribution in [0.5, 0.6) is 0 Å². The first-order valence-electron chi connectivity index (χ1n) is 7.50. The normalized spacial score (nSPS) is 12.5. The Balaban J connectivity index is 3.78. The van der Waals surface area contributed by atoms with Gasteiger partial charge in [0.25, 0.3) is 0 Å². The Morgan fingerprint density at radius 3 is 2.32 bits per heavy atom. The third-order valence-electron chi connectivity index (χ3n) is 3.27. The Morgan fingerprint density at radius 2 is 1.79 bits per heavy atom. The lowest BCUT2D eigenvalue weighted by molar-refractivity contribution is -0.124. The molecule has 0 saturated carbocycles. The highest BCUT2D eigenvalue weighted by atomic mass is 16.1. The summed E-state index contributed by atoms with van der Waals surface area (Å²) in [5, 5.41) is 5.90. The Kier molecular flexibility index (Phi) is 10.5. The molecule has 0 aliphatic rings. The van der Waals surface area contributed by atoms with Gasteiger partial charge in [-0.1, -0.05) is 40.0 Å². The SMILES string of the molecule is CCCCCCNC(=O)CC[C@H](NC)C(=O)C(C)C. The molecular weight excluding hydrogens is 240 g/mol. The van der Waals surface area contributed by atoms with Gasteiger partial charge in [0, 0.05) is 18.9 Å². The number of ketones is 1. The number of rotatable bonds is 11. The maximum atomic E-state index is 11.8. The van der Waals surface area contributed by atoms with E-state index in [-0.39, 0.29) is 23.7 Å². The predicted octanol–water partition coefficient (Wildman–Crippen LogP) is 2.28. The minimum atomic E-state index is -0.203. The largest absolute Gasteiger partial charge is 0.356 e. The monoisotopic (exact) mass is 270 g/mol. The van der Waals surface area contributed by atoms with Crippen LogP contribution >= 0.6 is 0 Å². The molecule has 19 heavy (non-hydrogen) atoms. The van der Waals surface area contributed by atoms with E-state index in [1.807, 2.05) is 13.8 Å². The molecule has 0 aromatic carbocycles. The Bertz CT molecular complexity index is 265. The molecule has 1 atom stereocenters. The van der Waals surface area contributed by atoms with Crippen molar-refractivity contribution in [2.24, 2.45) is 5.92 Å². The van der Waals surface area contributed by atoms with Gasteiger partial charge in [0.2, 0.25) is 5.91 Å². The Hall–Kier alpha value is -0.900. The number of Topliss-reactive ketones (excluding diaryl/α,β-unsaturated/α-hetero) is 1. The summed E-state index contributed by atoms with van der Waals surface area (Å²) >= 11 is 0. The van der Waals surface area contributed by atoms with Crippen molar-refractivity contribution in [2.45, 2.75) is 65.3 Å². The Labute approximate surface area is 117 Å². The van der Waals surface area contributed by atoms with Gasteiger partial charge in [0.05, 0.1) is 6.04 Å². The first-order chi connectivity index (χ1) is 9.02. The van der Waals surface area contributed by atoms with Gasteiger partial charge < -0.3 is 10.6 Å². The van der Waals surface area contributed by atoms with Gasteiger partial charge in [0.1, 0.15) is 0 Å². The van der Waals surface area contributed by atoms with Crippen LogP contribution in [-0.4, -0.2) is 31.3 Å². The molecule has 2 N–H and O–H groups in total. The van der Waals surface area contributed by atoms with E-state index in [1.54, 1.807) is 7.05 Å². The van der Waals surface area contributed by atoms with Crippen LogP contribution < -0.4 is 10.6 Å². The van der Waals surface area contributed by atoms with Crippen LogP contribution in [0.1, 0.15) is 59.3 Å². The molecule has 0 radical (unpaired) electrons. The second-order valence-corrected chi connectivity index (χ2v) is 5.35. The van der Waals surface area contributed by atoms with E-state index < -0.39 is 0 Å². The third-order valence-corrected chi connectivity index (χ3v) is 3.27. The molecule has 0 rings (SSSR count). The zero-order valence-electron chi connectivity index (χ0n) is 12.9. The lowest BCUT2D eigenvalue weighted by Gasteiger charge is -2.16. The lowest BCUT2D eigenvalue weighted by atomic mass is 9.98. The second kappa shape index (κ2) is 11.0.